The number of hydrogen-bond donors (Lipinski definition) is 0. The summed E-state index contributed by atoms with van der Waals surface area (Å²) in [6, 6.07) is 26.6. The second kappa shape index (κ2) is 8.83. The first-order chi connectivity index (χ1) is 15.4. The van der Waals surface area contributed by atoms with E-state index in [1.807, 2.05) is 59.6 Å². The smallest absolute Gasteiger partial charge is 0.274 e. The molecule has 1 aliphatic heterocycles. The molecule has 6 heteroatoms. The van der Waals surface area contributed by atoms with Crippen molar-refractivity contribution in [3.05, 3.63) is 96.8 Å². The quantitative estimate of drug-likeness (QED) is 0.474. The van der Waals surface area contributed by atoms with Crippen LogP contribution in [0.4, 0.5) is 5.82 Å². The molecule has 0 aliphatic carbocycles. The van der Waals surface area contributed by atoms with Crippen molar-refractivity contribution in [1.82, 2.24) is 14.8 Å². The van der Waals surface area contributed by atoms with Crippen LogP contribution >= 0.6 is 0 Å². The molecule has 1 N–H and O–H groups in total. The Bertz CT molecular complexity index is 1130. The first kappa shape index (κ1) is 19.1. The van der Waals surface area contributed by atoms with Crippen LogP contribution in [0, 0.1) is 0 Å². The van der Waals surface area contributed by atoms with Gasteiger partial charge in [-0.1, -0.05) is 54.6 Å². The lowest BCUT2D eigenvalue weighted by Gasteiger charge is -2.28. The molecule has 154 valence electrons. The molecule has 0 unspecified atom stereocenters. The molecular formula is C25H25N6+. The second-order valence-corrected chi connectivity index (χ2v) is 7.51. The minimum absolute atomic E-state index is 0.882. The van der Waals surface area contributed by atoms with Crippen molar-refractivity contribution in [2.24, 2.45) is 5.10 Å². The summed E-state index contributed by atoms with van der Waals surface area (Å²) in [5, 5.41) is 11.8. The summed E-state index contributed by atoms with van der Waals surface area (Å²) in [5.74, 6) is 1.15. The fourth-order valence-corrected chi connectivity index (χ4v) is 3.79. The van der Waals surface area contributed by atoms with Gasteiger partial charge in [0.25, 0.3) is 5.82 Å². The number of aromatic amines is 1. The Labute approximate surface area is 182 Å². The van der Waals surface area contributed by atoms with E-state index in [-0.39, 0.29) is 0 Å². The standard InChI is InChI=1S/C25H24N6/c1-3-9-21(10-4-1)25-22(20-31(28-25)23-11-5-2-6-12-23)19-27-30-17-15-29(16-18-30)24-13-7-8-14-26-24/h1-14,19-20H,15-18H2/p+1/b27-19-. The molecule has 0 radical (unpaired) electrons. The minimum Gasteiger partial charge on any atom is -0.289 e. The van der Waals surface area contributed by atoms with Crippen LogP contribution in [-0.2, 0) is 0 Å². The van der Waals surface area contributed by atoms with Gasteiger partial charge < -0.3 is 0 Å². The highest BCUT2D eigenvalue weighted by atomic mass is 15.5. The molecule has 31 heavy (non-hydrogen) atoms. The predicted octanol–water partition coefficient (Wildman–Crippen LogP) is 3.51. The monoisotopic (exact) mass is 409 g/mol. The number of aromatic nitrogens is 3. The van der Waals surface area contributed by atoms with E-state index in [2.05, 4.69) is 57.5 Å². The maximum Gasteiger partial charge on any atom is 0.274 e. The number of benzene rings is 2. The molecule has 1 fully saturated rings. The van der Waals surface area contributed by atoms with Crippen LogP contribution in [0.25, 0.3) is 16.9 Å². The summed E-state index contributed by atoms with van der Waals surface area (Å²) < 4.78 is 1.92. The molecule has 2 aromatic carbocycles. The summed E-state index contributed by atoms with van der Waals surface area (Å²) in [4.78, 5) is 5.67. The fraction of sp³-hybridized carbons (Fsp3) is 0.160. The zero-order valence-corrected chi connectivity index (χ0v) is 17.3. The van der Waals surface area contributed by atoms with Gasteiger partial charge in [-0.3, -0.25) is 9.91 Å². The molecule has 4 aromatic rings. The van der Waals surface area contributed by atoms with Gasteiger partial charge >= 0.3 is 0 Å². The van der Waals surface area contributed by atoms with Gasteiger partial charge in [-0.15, -0.1) is 0 Å². The zero-order chi connectivity index (χ0) is 20.9. The number of rotatable bonds is 5. The average molecular weight is 410 g/mol. The summed E-state index contributed by atoms with van der Waals surface area (Å²) in [6.07, 6.45) is 5.96. The number of anilines is 1. The van der Waals surface area contributed by atoms with E-state index in [9.17, 15) is 0 Å². The molecule has 2 aromatic heterocycles. The van der Waals surface area contributed by atoms with E-state index in [4.69, 9.17) is 10.2 Å². The number of para-hydroxylation sites is 1. The summed E-state index contributed by atoms with van der Waals surface area (Å²) in [6.45, 7) is 3.64. The van der Waals surface area contributed by atoms with Gasteiger partial charge in [0.15, 0.2) is 0 Å². The van der Waals surface area contributed by atoms with E-state index in [0.29, 0.717) is 0 Å². The molecule has 6 nitrogen and oxygen atoms in total. The number of pyridine rings is 1. The van der Waals surface area contributed by atoms with Crippen LogP contribution in [0.1, 0.15) is 5.56 Å². The molecule has 0 spiro atoms. The molecule has 3 heterocycles. The molecule has 1 aliphatic rings. The van der Waals surface area contributed by atoms with Crippen molar-refractivity contribution in [3.8, 4) is 16.9 Å². The number of nitrogens with zero attached hydrogens (tertiary/aromatic N) is 5. The van der Waals surface area contributed by atoms with E-state index >= 15 is 0 Å². The highest BCUT2D eigenvalue weighted by Gasteiger charge is 2.22. The Hall–Kier alpha value is -3.93. The van der Waals surface area contributed by atoms with Gasteiger partial charge in [0, 0.05) is 23.4 Å². The van der Waals surface area contributed by atoms with E-state index in [1.165, 1.54) is 0 Å². The van der Waals surface area contributed by atoms with Gasteiger partial charge in [-0.25, -0.2) is 9.67 Å². The maximum atomic E-state index is 4.86. The van der Waals surface area contributed by atoms with Crippen molar-refractivity contribution in [2.75, 3.05) is 31.1 Å². The molecule has 5 rings (SSSR count). The zero-order valence-electron chi connectivity index (χ0n) is 17.3. The number of hydrazone groups is 1. The SMILES string of the molecule is C(=N/N1CCN(c2cccc[nH+]2)CC1)/c1cn(-c2ccccc2)nc1-c1ccccc1. The maximum absolute atomic E-state index is 4.86. The molecule has 0 bridgehead atoms. The molecule has 1 saturated heterocycles. The molecule has 0 amide bonds. The first-order valence-corrected chi connectivity index (χ1v) is 10.6. The Morgan fingerprint density at radius 2 is 1.52 bits per heavy atom. The largest absolute Gasteiger partial charge is 0.289 e. The van der Waals surface area contributed by atoms with Gasteiger partial charge in [-0.05, 0) is 18.2 Å². The normalized spacial score (nSPS) is 14.3. The molecular weight excluding hydrogens is 384 g/mol. The summed E-state index contributed by atoms with van der Waals surface area (Å²) >= 11 is 0. The van der Waals surface area contributed by atoms with Crippen molar-refractivity contribution in [3.63, 3.8) is 0 Å². The lowest BCUT2D eigenvalue weighted by atomic mass is 10.1. The summed E-state index contributed by atoms with van der Waals surface area (Å²) in [7, 11) is 0. The van der Waals surface area contributed by atoms with Gasteiger partial charge in [0.05, 0.1) is 31.2 Å². The number of piperazine rings is 1. The lowest BCUT2D eigenvalue weighted by Crippen LogP contribution is -2.45. The Kier molecular flexibility index (Phi) is 5.43. The Morgan fingerprint density at radius 3 is 2.23 bits per heavy atom. The third-order valence-corrected chi connectivity index (χ3v) is 5.46. The summed E-state index contributed by atoms with van der Waals surface area (Å²) in [5.41, 5.74) is 4.06. The van der Waals surface area contributed by atoms with Crippen LogP contribution in [0.3, 0.4) is 0 Å². The third-order valence-electron chi connectivity index (χ3n) is 5.46. The predicted molar refractivity (Wildman–Crippen MR) is 123 cm³/mol. The highest BCUT2D eigenvalue weighted by molar-refractivity contribution is 5.88. The first-order valence-electron chi connectivity index (χ1n) is 10.6. The second-order valence-electron chi connectivity index (χ2n) is 7.51. The van der Waals surface area contributed by atoms with Gasteiger partial charge in [-0.2, -0.15) is 10.2 Å². The number of nitrogens with one attached hydrogen (secondary N) is 1. The van der Waals surface area contributed by atoms with Crippen LogP contribution in [0.15, 0.2) is 96.4 Å². The van der Waals surface area contributed by atoms with Crippen molar-refractivity contribution < 1.29 is 4.98 Å². The molecule has 0 saturated carbocycles. The van der Waals surface area contributed by atoms with E-state index < -0.39 is 0 Å². The van der Waals surface area contributed by atoms with Crippen LogP contribution in [0.5, 0.6) is 0 Å². The van der Waals surface area contributed by atoms with E-state index in [1.54, 1.807) is 0 Å². The van der Waals surface area contributed by atoms with Crippen molar-refractivity contribution in [2.45, 2.75) is 0 Å². The van der Waals surface area contributed by atoms with Crippen LogP contribution in [0.2, 0.25) is 0 Å². The van der Waals surface area contributed by atoms with Gasteiger partial charge in [0.2, 0.25) is 0 Å². The van der Waals surface area contributed by atoms with Gasteiger partial charge in [0.1, 0.15) is 18.8 Å². The number of hydrogen-bond acceptors (Lipinski definition) is 4. The third kappa shape index (κ3) is 4.33. The van der Waals surface area contributed by atoms with Crippen LogP contribution < -0.4 is 9.88 Å². The average Bonchev–Trinajstić information content (AvgIpc) is 3.29. The molecule has 0 atom stereocenters. The van der Waals surface area contributed by atoms with Crippen molar-refractivity contribution in [1.29, 1.82) is 0 Å². The highest BCUT2D eigenvalue weighted by Crippen LogP contribution is 2.22. The Morgan fingerprint density at radius 1 is 0.806 bits per heavy atom. The van der Waals surface area contributed by atoms with Crippen molar-refractivity contribution >= 4 is 12.0 Å². The Balaban J connectivity index is 1.36. The lowest BCUT2D eigenvalue weighted by molar-refractivity contribution is -0.364. The van der Waals surface area contributed by atoms with E-state index in [0.717, 1.165) is 54.5 Å². The minimum atomic E-state index is 0.882. The topological polar surface area (TPSA) is 50.8 Å². The fourth-order valence-electron chi connectivity index (χ4n) is 3.79. The number of H-pyrrole nitrogens is 1. The van der Waals surface area contributed by atoms with Crippen LogP contribution in [-0.4, -0.2) is 47.2 Å².